The minimum Gasteiger partial charge on any atom is -0.381 e. The van der Waals surface area contributed by atoms with Crippen LogP contribution >= 0.6 is 0 Å². The number of nitro groups is 1. The number of rotatable bonds is 5. The molecule has 1 heterocycles. The van der Waals surface area contributed by atoms with E-state index in [0.717, 1.165) is 18.6 Å². The molecule has 0 bridgehead atoms. The summed E-state index contributed by atoms with van der Waals surface area (Å²) in [4.78, 5) is 10.0. The van der Waals surface area contributed by atoms with Gasteiger partial charge in [-0.3, -0.25) is 10.1 Å². The molecule has 19 heavy (non-hydrogen) atoms. The van der Waals surface area contributed by atoms with E-state index >= 15 is 0 Å². The number of hydrogen-bond donors (Lipinski definition) is 1. The minimum atomic E-state index is -1.21. The van der Waals surface area contributed by atoms with E-state index in [0.29, 0.717) is 32.1 Å². The van der Waals surface area contributed by atoms with Crippen LogP contribution in [0.1, 0.15) is 12.8 Å². The molecule has 104 valence electrons. The van der Waals surface area contributed by atoms with Crippen LogP contribution in [0.3, 0.4) is 0 Å². The second-order valence-electron chi connectivity index (χ2n) is 4.46. The van der Waals surface area contributed by atoms with Gasteiger partial charge < -0.3 is 10.1 Å². The van der Waals surface area contributed by atoms with Gasteiger partial charge in [0.05, 0.1) is 4.92 Å². The third kappa shape index (κ3) is 3.17. The van der Waals surface area contributed by atoms with Crippen molar-refractivity contribution in [3.8, 4) is 0 Å². The first-order valence-corrected chi connectivity index (χ1v) is 6.03. The lowest BCUT2D eigenvalue weighted by Crippen LogP contribution is -2.12. The highest BCUT2D eigenvalue weighted by molar-refractivity contribution is 5.62. The molecule has 1 fully saturated rings. The lowest BCUT2D eigenvalue weighted by molar-refractivity contribution is -0.384. The number of nitro benzene ring substituents is 1. The molecular formula is C12H14F2N2O3. The maximum atomic E-state index is 13.6. The molecule has 0 aliphatic carbocycles. The number of benzene rings is 1. The maximum absolute atomic E-state index is 13.6. The first kappa shape index (κ1) is 13.7. The number of halogens is 2. The fourth-order valence-corrected chi connectivity index (χ4v) is 2.07. The second kappa shape index (κ2) is 5.92. The van der Waals surface area contributed by atoms with Crippen LogP contribution in [0.5, 0.6) is 0 Å². The first-order chi connectivity index (χ1) is 9.09. The normalized spacial score (nSPS) is 18.5. The highest BCUT2D eigenvalue weighted by Gasteiger charge is 2.22. The molecule has 1 aliphatic rings. The Balaban J connectivity index is 2.05. The van der Waals surface area contributed by atoms with Gasteiger partial charge in [0.1, 0.15) is 0 Å². The Morgan fingerprint density at radius 1 is 1.47 bits per heavy atom. The van der Waals surface area contributed by atoms with Crippen LogP contribution in [0.15, 0.2) is 12.1 Å². The lowest BCUT2D eigenvalue weighted by Gasteiger charge is -2.11. The first-order valence-electron chi connectivity index (χ1n) is 6.03. The third-order valence-electron chi connectivity index (χ3n) is 3.15. The molecule has 1 atom stereocenters. The van der Waals surface area contributed by atoms with Crippen molar-refractivity contribution in [1.82, 2.24) is 0 Å². The van der Waals surface area contributed by atoms with Crippen molar-refractivity contribution in [3.05, 3.63) is 33.9 Å². The Morgan fingerprint density at radius 2 is 2.26 bits per heavy atom. The second-order valence-corrected chi connectivity index (χ2v) is 4.46. The Hall–Kier alpha value is -1.76. The molecule has 1 aromatic rings. The molecule has 0 aromatic heterocycles. The Bertz CT molecular complexity index is 476. The molecule has 1 N–H and O–H groups in total. The lowest BCUT2D eigenvalue weighted by atomic mass is 10.1. The summed E-state index contributed by atoms with van der Waals surface area (Å²) in [6.07, 6.45) is 1.63. The number of ether oxygens (including phenoxy) is 1. The molecule has 1 aliphatic heterocycles. The van der Waals surface area contributed by atoms with E-state index in [1.54, 1.807) is 0 Å². The fraction of sp³-hybridized carbons (Fsp3) is 0.500. The molecule has 0 saturated carbocycles. The van der Waals surface area contributed by atoms with Gasteiger partial charge in [-0.1, -0.05) is 0 Å². The Labute approximate surface area is 108 Å². The number of nitrogens with one attached hydrogen (secondary N) is 1. The van der Waals surface area contributed by atoms with E-state index in [1.807, 2.05) is 0 Å². The van der Waals surface area contributed by atoms with Crippen LogP contribution in [0.2, 0.25) is 0 Å². The molecule has 7 heteroatoms. The van der Waals surface area contributed by atoms with Crippen molar-refractivity contribution in [2.45, 2.75) is 12.8 Å². The molecular weight excluding hydrogens is 258 g/mol. The summed E-state index contributed by atoms with van der Waals surface area (Å²) >= 11 is 0. The van der Waals surface area contributed by atoms with Crippen molar-refractivity contribution < 1.29 is 18.4 Å². The quantitative estimate of drug-likeness (QED) is 0.661. The Kier molecular flexibility index (Phi) is 4.26. The van der Waals surface area contributed by atoms with Crippen LogP contribution < -0.4 is 5.32 Å². The van der Waals surface area contributed by atoms with Crippen molar-refractivity contribution in [2.75, 3.05) is 25.1 Å². The fourth-order valence-electron chi connectivity index (χ4n) is 2.07. The highest BCUT2D eigenvalue weighted by Crippen LogP contribution is 2.29. The zero-order valence-corrected chi connectivity index (χ0v) is 10.2. The van der Waals surface area contributed by atoms with Gasteiger partial charge in [-0.2, -0.15) is 0 Å². The third-order valence-corrected chi connectivity index (χ3v) is 3.15. The predicted molar refractivity (Wildman–Crippen MR) is 65.0 cm³/mol. The van der Waals surface area contributed by atoms with Gasteiger partial charge in [-0.25, -0.2) is 8.78 Å². The zero-order valence-electron chi connectivity index (χ0n) is 10.2. The van der Waals surface area contributed by atoms with Gasteiger partial charge in [0, 0.05) is 25.8 Å². The molecule has 5 nitrogen and oxygen atoms in total. The summed E-state index contributed by atoms with van der Waals surface area (Å²) in [7, 11) is 0. The van der Waals surface area contributed by atoms with Gasteiger partial charge in [0.2, 0.25) is 0 Å². The molecule has 0 amide bonds. The Morgan fingerprint density at radius 3 is 2.89 bits per heavy atom. The molecule has 0 spiro atoms. The van der Waals surface area contributed by atoms with Gasteiger partial charge >= 0.3 is 0 Å². The van der Waals surface area contributed by atoms with Gasteiger partial charge in [0.15, 0.2) is 17.3 Å². The monoisotopic (exact) mass is 272 g/mol. The standard InChI is InChI=1S/C12H14F2N2O3/c13-9-1-2-10(16(17)18)12(11(9)14)15-5-3-8-4-6-19-7-8/h1-2,8,15H,3-7H2. The number of hydrogen-bond acceptors (Lipinski definition) is 4. The molecule has 1 saturated heterocycles. The van der Waals surface area contributed by atoms with E-state index in [9.17, 15) is 18.9 Å². The topological polar surface area (TPSA) is 64.4 Å². The summed E-state index contributed by atoms with van der Waals surface area (Å²) in [5, 5.41) is 13.4. The van der Waals surface area contributed by atoms with E-state index in [1.165, 1.54) is 0 Å². The summed E-state index contributed by atoms with van der Waals surface area (Å²) in [6, 6.07) is 1.71. The van der Waals surface area contributed by atoms with Crippen molar-refractivity contribution in [1.29, 1.82) is 0 Å². The molecule has 1 unspecified atom stereocenters. The highest BCUT2D eigenvalue weighted by atomic mass is 19.2. The average molecular weight is 272 g/mol. The van der Waals surface area contributed by atoms with E-state index in [-0.39, 0.29) is 5.69 Å². The van der Waals surface area contributed by atoms with Crippen molar-refractivity contribution >= 4 is 11.4 Å². The molecule has 2 rings (SSSR count). The van der Waals surface area contributed by atoms with Crippen molar-refractivity contribution in [2.24, 2.45) is 5.92 Å². The van der Waals surface area contributed by atoms with Crippen LogP contribution in [0.4, 0.5) is 20.2 Å². The maximum Gasteiger partial charge on any atom is 0.295 e. The van der Waals surface area contributed by atoms with Gasteiger partial charge in [0.25, 0.3) is 5.69 Å². The van der Waals surface area contributed by atoms with E-state index in [2.05, 4.69) is 5.32 Å². The summed E-state index contributed by atoms with van der Waals surface area (Å²) in [5.74, 6) is -1.95. The minimum absolute atomic E-state index is 0.342. The SMILES string of the molecule is O=[N+]([O-])c1ccc(F)c(F)c1NCCC1CCOC1. The van der Waals surface area contributed by atoms with E-state index in [4.69, 9.17) is 4.74 Å². The van der Waals surface area contributed by atoms with Crippen LogP contribution in [-0.4, -0.2) is 24.7 Å². The largest absolute Gasteiger partial charge is 0.381 e. The van der Waals surface area contributed by atoms with Gasteiger partial charge in [-0.15, -0.1) is 0 Å². The molecule has 1 aromatic carbocycles. The summed E-state index contributed by atoms with van der Waals surface area (Å²) in [5.41, 5.74) is -0.842. The van der Waals surface area contributed by atoms with Crippen LogP contribution in [-0.2, 0) is 4.74 Å². The zero-order chi connectivity index (χ0) is 13.8. The summed E-state index contributed by atoms with van der Waals surface area (Å²) in [6.45, 7) is 1.70. The van der Waals surface area contributed by atoms with Gasteiger partial charge in [-0.05, 0) is 24.8 Å². The van der Waals surface area contributed by atoms with Crippen LogP contribution in [0.25, 0.3) is 0 Å². The predicted octanol–water partition coefficient (Wildman–Crippen LogP) is 2.71. The number of nitrogens with zero attached hydrogens (tertiary/aromatic N) is 1. The van der Waals surface area contributed by atoms with Crippen LogP contribution in [0, 0.1) is 27.7 Å². The molecule has 0 radical (unpaired) electrons. The average Bonchev–Trinajstić information content (AvgIpc) is 2.87. The number of anilines is 1. The summed E-state index contributed by atoms with van der Waals surface area (Å²) < 4.78 is 31.8. The smallest absolute Gasteiger partial charge is 0.295 e. The van der Waals surface area contributed by atoms with E-state index < -0.39 is 22.2 Å². The van der Waals surface area contributed by atoms with Crippen molar-refractivity contribution in [3.63, 3.8) is 0 Å².